The fourth-order valence-electron chi connectivity index (χ4n) is 2.48. The molecule has 2 aromatic heterocycles. The summed E-state index contributed by atoms with van der Waals surface area (Å²) in [5, 5.41) is 9.46. The van der Waals surface area contributed by atoms with Gasteiger partial charge in [-0.05, 0) is 42.8 Å². The van der Waals surface area contributed by atoms with E-state index < -0.39 is 0 Å². The number of rotatable bonds is 6. The minimum atomic E-state index is -0.259. The van der Waals surface area contributed by atoms with Crippen molar-refractivity contribution in [3.8, 4) is 17.6 Å². The molecular weight excluding hydrogens is 366 g/mol. The number of ether oxygens (including phenoxy) is 2. The number of hydrogen-bond acceptors (Lipinski definition) is 5. The fraction of sp³-hybridized carbons (Fsp3) is 0.150. The van der Waals surface area contributed by atoms with Crippen molar-refractivity contribution in [2.75, 3.05) is 0 Å². The number of pyridine rings is 2. The zero-order valence-corrected chi connectivity index (χ0v) is 15.3. The molecule has 0 spiro atoms. The molecule has 136 valence electrons. The van der Waals surface area contributed by atoms with Crippen LogP contribution in [-0.4, -0.2) is 9.97 Å². The van der Waals surface area contributed by atoms with E-state index >= 15 is 0 Å². The van der Waals surface area contributed by atoms with Crippen molar-refractivity contribution in [2.24, 2.45) is 0 Å². The summed E-state index contributed by atoms with van der Waals surface area (Å²) in [5.41, 5.74) is 2.20. The molecule has 0 unspecified atom stereocenters. The van der Waals surface area contributed by atoms with E-state index in [2.05, 4.69) is 9.97 Å². The summed E-state index contributed by atoms with van der Waals surface area (Å²) in [4.78, 5) is 18.6. The molecule has 3 rings (SSSR count). The number of nitriles is 1. The first kappa shape index (κ1) is 18.6. The van der Waals surface area contributed by atoms with Gasteiger partial charge in [-0.3, -0.25) is 9.78 Å². The minimum Gasteiger partial charge on any atom is -0.456 e. The molecule has 0 aliphatic rings. The van der Waals surface area contributed by atoms with Crippen LogP contribution in [0.3, 0.4) is 0 Å². The number of nitrogens with zero attached hydrogens (tertiary/aromatic N) is 2. The summed E-state index contributed by atoms with van der Waals surface area (Å²) in [6.45, 7) is 2.30. The van der Waals surface area contributed by atoms with Gasteiger partial charge in [-0.1, -0.05) is 11.6 Å². The quantitative estimate of drug-likeness (QED) is 0.694. The lowest BCUT2D eigenvalue weighted by atomic mass is 10.2. The average Bonchev–Trinajstić information content (AvgIpc) is 2.67. The van der Waals surface area contributed by atoms with Gasteiger partial charge in [0.1, 0.15) is 11.5 Å². The molecular formula is C20H16ClN3O3. The third-order valence-corrected chi connectivity index (χ3v) is 4.06. The maximum atomic E-state index is 12.0. The molecule has 0 saturated heterocycles. The van der Waals surface area contributed by atoms with E-state index in [1.165, 1.54) is 6.07 Å². The Morgan fingerprint density at radius 2 is 2.00 bits per heavy atom. The number of nitrogens with one attached hydrogen (secondary N) is 1. The van der Waals surface area contributed by atoms with Crippen molar-refractivity contribution in [3.05, 3.63) is 86.6 Å². The summed E-state index contributed by atoms with van der Waals surface area (Å²) in [6.07, 6.45) is 4.96. The van der Waals surface area contributed by atoms with Crippen LogP contribution in [-0.2, 0) is 18.0 Å². The van der Waals surface area contributed by atoms with Crippen LogP contribution >= 0.6 is 11.6 Å². The van der Waals surface area contributed by atoms with Gasteiger partial charge in [-0.2, -0.15) is 5.26 Å². The zero-order valence-electron chi connectivity index (χ0n) is 14.5. The van der Waals surface area contributed by atoms with Gasteiger partial charge < -0.3 is 14.5 Å². The highest BCUT2D eigenvalue weighted by molar-refractivity contribution is 6.30. The van der Waals surface area contributed by atoms with E-state index in [-0.39, 0.29) is 12.2 Å². The second-order valence-corrected chi connectivity index (χ2v) is 6.27. The lowest BCUT2D eigenvalue weighted by molar-refractivity contribution is 0.105. The van der Waals surface area contributed by atoms with Crippen LogP contribution in [0.2, 0.25) is 5.02 Å². The van der Waals surface area contributed by atoms with E-state index in [0.29, 0.717) is 39.8 Å². The summed E-state index contributed by atoms with van der Waals surface area (Å²) >= 11 is 6.03. The molecule has 0 aliphatic heterocycles. The van der Waals surface area contributed by atoms with Crippen LogP contribution in [0.5, 0.6) is 11.5 Å². The molecule has 3 aromatic rings. The molecule has 0 bridgehead atoms. The first-order valence-corrected chi connectivity index (χ1v) is 8.51. The number of halogens is 1. The first-order valence-electron chi connectivity index (χ1n) is 8.13. The molecule has 1 aromatic carbocycles. The van der Waals surface area contributed by atoms with Gasteiger partial charge in [-0.25, -0.2) is 0 Å². The molecule has 7 heteroatoms. The van der Waals surface area contributed by atoms with Crippen molar-refractivity contribution >= 4 is 11.6 Å². The summed E-state index contributed by atoms with van der Waals surface area (Å²) in [5.74, 6) is 0.766. The van der Waals surface area contributed by atoms with Crippen molar-refractivity contribution in [3.63, 3.8) is 0 Å². The molecule has 1 N–H and O–H groups in total. The van der Waals surface area contributed by atoms with E-state index in [4.69, 9.17) is 26.3 Å². The predicted octanol–water partition coefficient (Wildman–Crippen LogP) is 4.11. The summed E-state index contributed by atoms with van der Waals surface area (Å²) in [7, 11) is 0. The first-order chi connectivity index (χ1) is 13.1. The van der Waals surface area contributed by atoms with Gasteiger partial charge in [0, 0.05) is 29.2 Å². The van der Waals surface area contributed by atoms with Crippen molar-refractivity contribution in [2.45, 2.75) is 20.1 Å². The topological polar surface area (TPSA) is 88.0 Å². The predicted molar refractivity (Wildman–Crippen MR) is 101 cm³/mol. The Balaban J connectivity index is 1.83. The number of aromatic amines is 1. The Morgan fingerprint density at radius 3 is 2.74 bits per heavy atom. The third-order valence-electron chi connectivity index (χ3n) is 3.85. The molecule has 0 radical (unpaired) electrons. The number of aromatic nitrogens is 2. The lowest BCUT2D eigenvalue weighted by Gasteiger charge is -2.14. The van der Waals surface area contributed by atoms with Crippen LogP contribution in [0, 0.1) is 18.3 Å². The van der Waals surface area contributed by atoms with Crippen molar-refractivity contribution in [1.29, 1.82) is 5.26 Å². The average molecular weight is 382 g/mol. The number of hydrogen-bond donors (Lipinski definition) is 1. The number of H-pyrrole nitrogens is 1. The standard InChI is InChI=1S/C20H16ClN3O3/c1-13-19(27-18-7-15(9-22)6-17(21)8-18)16(10-24-20(13)25)12-26-11-14-2-4-23-5-3-14/h2-8,10H,11-12H2,1H3,(H,24,25). The number of benzene rings is 1. The maximum Gasteiger partial charge on any atom is 0.254 e. The van der Waals surface area contributed by atoms with Gasteiger partial charge in [0.15, 0.2) is 0 Å². The van der Waals surface area contributed by atoms with Gasteiger partial charge in [0.25, 0.3) is 5.56 Å². The van der Waals surface area contributed by atoms with E-state index in [9.17, 15) is 4.79 Å². The Labute approximate surface area is 161 Å². The highest BCUT2D eigenvalue weighted by Crippen LogP contribution is 2.30. The minimum absolute atomic E-state index is 0.237. The van der Waals surface area contributed by atoms with Crippen LogP contribution in [0.4, 0.5) is 0 Å². The second kappa shape index (κ2) is 8.49. The molecule has 0 amide bonds. The summed E-state index contributed by atoms with van der Waals surface area (Å²) in [6, 6.07) is 10.4. The molecule has 0 atom stereocenters. The molecule has 0 saturated carbocycles. The Morgan fingerprint density at radius 1 is 1.22 bits per heavy atom. The van der Waals surface area contributed by atoms with E-state index in [1.807, 2.05) is 18.2 Å². The largest absolute Gasteiger partial charge is 0.456 e. The molecule has 0 fully saturated rings. The Bertz CT molecular complexity index is 1040. The molecule has 27 heavy (non-hydrogen) atoms. The van der Waals surface area contributed by atoms with Gasteiger partial charge in [0.2, 0.25) is 0 Å². The van der Waals surface area contributed by atoms with E-state index in [0.717, 1.165) is 5.56 Å². The van der Waals surface area contributed by atoms with Crippen LogP contribution in [0.1, 0.15) is 22.3 Å². The van der Waals surface area contributed by atoms with E-state index in [1.54, 1.807) is 37.6 Å². The van der Waals surface area contributed by atoms with Crippen molar-refractivity contribution < 1.29 is 9.47 Å². The summed E-state index contributed by atoms with van der Waals surface area (Å²) < 4.78 is 11.6. The fourth-order valence-corrected chi connectivity index (χ4v) is 2.71. The van der Waals surface area contributed by atoms with Gasteiger partial charge >= 0.3 is 0 Å². The normalized spacial score (nSPS) is 10.4. The SMILES string of the molecule is Cc1c(Oc2cc(Cl)cc(C#N)c2)c(COCc2ccncc2)c[nH]c1=O. The Kier molecular flexibility index (Phi) is 5.87. The zero-order chi connectivity index (χ0) is 19.2. The third kappa shape index (κ3) is 4.73. The Hall–Kier alpha value is -3.14. The van der Waals surface area contributed by atoms with Crippen molar-refractivity contribution in [1.82, 2.24) is 9.97 Å². The molecule has 2 heterocycles. The molecule has 6 nitrogen and oxygen atoms in total. The van der Waals surface area contributed by atoms with Crippen LogP contribution in [0.25, 0.3) is 0 Å². The maximum absolute atomic E-state index is 12.0. The smallest absolute Gasteiger partial charge is 0.254 e. The monoisotopic (exact) mass is 381 g/mol. The lowest BCUT2D eigenvalue weighted by Crippen LogP contribution is -2.12. The highest BCUT2D eigenvalue weighted by Gasteiger charge is 2.13. The highest BCUT2D eigenvalue weighted by atomic mass is 35.5. The van der Waals surface area contributed by atoms with Gasteiger partial charge in [-0.15, -0.1) is 0 Å². The van der Waals surface area contributed by atoms with Gasteiger partial charge in [0.05, 0.1) is 30.4 Å². The van der Waals surface area contributed by atoms with Crippen LogP contribution < -0.4 is 10.3 Å². The second-order valence-electron chi connectivity index (χ2n) is 5.83. The molecule has 0 aliphatic carbocycles. The van der Waals surface area contributed by atoms with Crippen LogP contribution in [0.15, 0.2) is 53.7 Å².